The highest BCUT2D eigenvalue weighted by atomic mass is 32.1. The maximum atomic E-state index is 12.2. The van der Waals surface area contributed by atoms with E-state index in [1.165, 1.54) is 4.70 Å². The zero-order chi connectivity index (χ0) is 14.7. The lowest BCUT2D eigenvalue weighted by Gasteiger charge is -2.23. The highest BCUT2D eigenvalue weighted by Crippen LogP contribution is 2.23. The number of carbonyl (C=O) groups is 1. The number of thiazole rings is 1. The van der Waals surface area contributed by atoms with Crippen LogP contribution in [0.25, 0.3) is 10.2 Å². The summed E-state index contributed by atoms with van der Waals surface area (Å²) in [4.78, 5) is 18.8. The van der Waals surface area contributed by atoms with E-state index >= 15 is 0 Å². The van der Waals surface area contributed by atoms with E-state index in [0.29, 0.717) is 13.0 Å². The smallest absolute Gasteiger partial charge is 0.222 e. The monoisotopic (exact) mass is 303 g/mol. The summed E-state index contributed by atoms with van der Waals surface area (Å²) in [5, 5.41) is 1.13. The van der Waals surface area contributed by atoms with Crippen molar-refractivity contribution in [2.24, 2.45) is 5.73 Å². The van der Waals surface area contributed by atoms with Gasteiger partial charge in [0.1, 0.15) is 0 Å². The summed E-state index contributed by atoms with van der Waals surface area (Å²) in [5.41, 5.74) is 6.78. The van der Waals surface area contributed by atoms with Gasteiger partial charge in [0.15, 0.2) is 0 Å². The van der Waals surface area contributed by atoms with Crippen LogP contribution in [0.4, 0.5) is 0 Å². The SMILES string of the molecule is NCC1CCCN1C(=O)CCCc1nc2ccccc2s1. The molecule has 0 bridgehead atoms. The Morgan fingerprint density at radius 2 is 2.29 bits per heavy atom. The molecule has 1 aromatic carbocycles. The van der Waals surface area contributed by atoms with Gasteiger partial charge in [-0.1, -0.05) is 12.1 Å². The number of hydrogen-bond acceptors (Lipinski definition) is 4. The number of aromatic nitrogens is 1. The van der Waals surface area contributed by atoms with E-state index in [0.717, 1.165) is 42.8 Å². The third-order valence-electron chi connectivity index (χ3n) is 4.09. The fourth-order valence-electron chi connectivity index (χ4n) is 2.97. The molecule has 0 spiro atoms. The second-order valence-electron chi connectivity index (χ2n) is 5.55. The molecule has 4 nitrogen and oxygen atoms in total. The summed E-state index contributed by atoms with van der Waals surface area (Å²) in [6.45, 7) is 1.46. The average molecular weight is 303 g/mol. The first kappa shape index (κ1) is 14.5. The number of benzene rings is 1. The third-order valence-corrected chi connectivity index (χ3v) is 5.19. The van der Waals surface area contributed by atoms with Gasteiger partial charge in [-0.15, -0.1) is 11.3 Å². The van der Waals surface area contributed by atoms with Gasteiger partial charge in [0.25, 0.3) is 0 Å². The minimum absolute atomic E-state index is 0.254. The Hall–Kier alpha value is -1.46. The van der Waals surface area contributed by atoms with Crippen LogP contribution in [-0.2, 0) is 11.2 Å². The van der Waals surface area contributed by atoms with E-state index in [9.17, 15) is 4.79 Å². The van der Waals surface area contributed by atoms with Gasteiger partial charge < -0.3 is 10.6 Å². The van der Waals surface area contributed by atoms with Crippen LogP contribution in [0.2, 0.25) is 0 Å². The van der Waals surface area contributed by atoms with E-state index in [1.807, 2.05) is 23.1 Å². The Balaban J connectivity index is 1.52. The fraction of sp³-hybridized carbons (Fsp3) is 0.500. The van der Waals surface area contributed by atoms with Crippen molar-refractivity contribution < 1.29 is 4.79 Å². The van der Waals surface area contributed by atoms with Crippen molar-refractivity contribution in [2.45, 2.75) is 38.1 Å². The Kier molecular flexibility index (Phi) is 4.51. The largest absolute Gasteiger partial charge is 0.338 e. The first-order valence-electron chi connectivity index (χ1n) is 7.62. The topological polar surface area (TPSA) is 59.2 Å². The predicted molar refractivity (Wildman–Crippen MR) is 86.3 cm³/mol. The lowest BCUT2D eigenvalue weighted by atomic mass is 10.2. The molecule has 3 rings (SSSR count). The summed E-state index contributed by atoms with van der Waals surface area (Å²) < 4.78 is 1.22. The van der Waals surface area contributed by atoms with Crippen LogP contribution >= 0.6 is 11.3 Å². The van der Waals surface area contributed by atoms with E-state index in [-0.39, 0.29) is 11.9 Å². The van der Waals surface area contributed by atoms with Crippen molar-refractivity contribution in [1.82, 2.24) is 9.88 Å². The Bertz CT molecular complexity index is 592. The minimum atomic E-state index is 0.254. The van der Waals surface area contributed by atoms with Crippen LogP contribution in [-0.4, -0.2) is 34.9 Å². The number of para-hydroxylation sites is 1. The predicted octanol–water partition coefficient (Wildman–Crippen LogP) is 2.57. The lowest BCUT2D eigenvalue weighted by molar-refractivity contribution is -0.131. The van der Waals surface area contributed by atoms with E-state index < -0.39 is 0 Å². The van der Waals surface area contributed by atoms with Gasteiger partial charge in [0.05, 0.1) is 15.2 Å². The molecule has 112 valence electrons. The lowest BCUT2D eigenvalue weighted by Crippen LogP contribution is -2.39. The zero-order valence-electron chi connectivity index (χ0n) is 12.1. The molecule has 2 heterocycles. The summed E-state index contributed by atoms with van der Waals surface area (Å²) in [6.07, 6.45) is 4.50. The second-order valence-corrected chi connectivity index (χ2v) is 6.66. The van der Waals surface area contributed by atoms with Crippen molar-refractivity contribution in [3.63, 3.8) is 0 Å². The molecule has 2 N–H and O–H groups in total. The molecular formula is C16H21N3OS. The molecule has 1 aliphatic rings. The van der Waals surface area contributed by atoms with Crippen LogP contribution in [0.5, 0.6) is 0 Å². The van der Waals surface area contributed by atoms with Gasteiger partial charge in [-0.05, 0) is 37.8 Å². The van der Waals surface area contributed by atoms with Crippen LogP contribution in [0, 0.1) is 0 Å². The molecule has 1 amide bonds. The number of rotatable bonds is 5. The molecule has 1 fully saturated rings. The van der Waals surface area contributed by atoms with Crippen molar-refractivity contribution in [2.75, 3.05) is 13.1 Å². The number of likely N-dealkylation sites (tertiary alicyclic amines) is 1. The van der Waals surface area contributed by atoms with Crippen LogP contribution in [0.1, 0.15) is 30.7 Å². The molecule has 5 heteroatoms. The molecule has 1 saturated heterocycles. The molecule has 0 aliphatic carbocycles. The molecule has 21 heavy (non-hydrogen) atoms. The van der Waals surface area contributed by atoms with Crippen LogP contribution < -0.4 is 5.73 Å². The fourth-order valence-corrected chi connectivity index (χ4v) is 3.98. The number of amides is 1. The summed E-state index contributed by atoms with van der Waals surface area (Å²) in [6, 6.07) is 8.44. The minimum Gasteiger partial charge on any atom is -0.338 e. The number of nitrogens with zero attached hydrogens (tertiary/aromatic N) is 2. The van der Waals surface area contributed by atoms with Gasteiger partial charge in [-0.2, -0.15) is 0 Å². The van der Waals surface area contributed by atoms with Crippen molar-refractivity contribution in [3.05, 3.63) is 29.3 Å². The molecular weight excluding hydrogens is 282 g/mol. The number of nitrogens with two attached hydrogens (primary N) is 1. The molecule has 1 atom stereocenters. The first-order valence-corrected chi connectivity index (χ1v) is 8.43. The highest BCUT2D eigenvalue weighted by molar-refractivity contribution is 7.18. The van der Waals surface area contributed by atoms with E-state index in [2.05, 4.69) is 11.1 Å². The summed E-state index contributed by atoms with van der Waals surface area (Å²) in [5.74, 6) is 0.254. The van der Waals surface area contributed by atoms with Gasteiger partial charge in [0.2, 0.25) is 5.91 Å². The van der Waals surface area contributed by atoms with E-state index in [1.54, 1.807) is 11.3 Å². The Morgan fingerprint density at radius 3 is 3.10 bits per heavy atom. The number of carbonyl (C=O) groups excluding carboxylic acids is 1. The molecule has 2 aromatic rings. The number of aryl methyl sites for hydroxylation is 1. The molecule has 1 unspecified atom stereocenters. The van der Waals surface area contributed by atoms with Crippen molar-refractivity contribution in [3.8, 4) is 0 Å². The summed E-state index contributed by atoms with van der Waals surface area (Å²) in [7, 11) is 0. The van der Waals surface area contributed by atoms with Gasteiger partial charge in [0, 0.05) is 25.6 Å². The Morgan fingerprint density at radius 1 is 1.43 bits per heavy atom. The highest BCUT2D eigenvalue weighted by Gasteiger charge is 2.26. The summed E-state index contributed by atoms with van der Waals surface area (Å²) >= 11 is 1.73. The maximum absolute atomic E-state index is 12.2. The number of fused-ring (bicyclic) bond motifs is 1. The standard InChI is InChI=1S/C16H21N3OS/c17-11-12-5-4-10-19(12)16(20)9-3-8-15-18-13-6-1-2-7-14(13)21-15/h1-2,6-7,12H,3-5,8-11,17H2. The average Bonchev–Trinajstić information content (AvgIpc) is 3.12. The van der Waals surface area contributed by atoms with Gasteiger partial charge >= 0.3 is 0 Å². The van der Waals surface area contributed by atoms with E-state index in [4.69, 9.17) is 5.73 Å². The molecule has 0 saturated carbocycles. The molecule has 0 radical (unpaired) electrons. The zero-order valence-corrected chi connectivity index (χ0v) is 12.9. The second kappa shape index (κ2) is 6.54. The van der Waals surface area contributed by atoms with Crippen LogP contribution in [0.3, 0.4) is 0 Å². The van der Waals surface area contributed by atoms with Crippen LogP contribution in [0.15, 0.2) is 24.3 Å². The van der Waals surface area contributed by atoms with Crippen molar-refractivity contribution in [1.29, 1.82) is 0 Å². The van der Waals surface area contributed by atoms with Crippen molar-refractivity contribution >= 4 is 27.5 Å². The quantitative estimate of drug-likeness (QED) is 0.923. The number of hydrogen-bond donors (Lipinski definition) is 1. The third kappa shape index (κ3) is 3.24. The van der Waals surface area contributed by atoms with Gasteiger partial charge in [-0.25, -0.2) is 4.98 Å². The normalized spacial score (nSPS) is 18.5. The maximum Gasteiger partial charge on any atom is 0.222 e. The molecule has 1 aromatic heterocycles. The first-order chi connectivity index (χ1) is 10.3. The Labute approximate surface area is 129 Å². The van der Waals surface area contributed by atoms with Gasteiger partial charge in [-0.3, -0.25) is 4.79 Å². The molecule has 1 aliphatic heterocycles.